The lowest BCUT2D eigenvalue weighted by Crippen LogP contribution is -2.34. The van der Waals surface area contributed by atoms with Gasteiger partial charge in [-0.15, -0.1) is 0 Å². The van der Waals surface area contributed by atoms with Gasteiger partial charge in [-0.05, 0) is 40.0 Å². The fraction of sp³-hybridized carbons (Fsp3) is 0.778. The zero-order valence-corrected chi connectivity index (χ0v) is 7.20. The first-order valence-electron chi connectivity index (χ1n) is 4.00. The van der Waals surface area contributed by atoms with Gasteiger partial charge < -0.3 is 5.73 Å². The Labute approximate surface area is 63.3 Å². The van der Waals surface area contributed by atoms with E-state index in [0.29, 0.717) is 0 Å². The number of hydrogen-bond acceptors (Lipinski definition) is 1. The standard InChI is InChI=1S/C9H17N/c1-7(9(2,3)10)8-5-4-6-8/h4-6,10H2,1-3H3. The van der Waals surface area contributed by atoms with Crippen LogP contribution in [0.3, 0.4) is 0 Å². The van der Waals surface area contributed by atoms with Gasteiger partial charge >= 0.3 is 0 Å². The molecule has 1 heteroatoms. The van der Waals surface area contributed by atoms with Gasteiger partial charge in [0.05, 0.1) is 0 Å². The van der Waals surface area contributed by atoms with Gasteiger partial charge in [0, 0.05) is 5.54 Å². The van der Waals surface area contributed by atoms with Crippen LogP contribution < -0.4 is 5.73 Å². The number of rotatable bonds is 1. The zero-order chi connectivity index (χ0) is 7.78. The maximum atomic E-state index is 5.93. The Morgan fingerprint density at radius 1 is 1.40 bits per heavy atom. The maximum absolute atomic E-state index is 5.93. The van der Waals surface area contributed by atoms with E-state index in [0.717, 1.165) is 0 Å². The van der Waals surface area contributed by atoms with Crippen LogP contribution >= 0.6 is 0 Å². The first-order valence-corrected chi connectivity index (χ1v) is 4.00. The van der Waals surface area contributed by atoms with Crippen molar-refractivity contribution in [3.63, 3.8) is 0 Å². The minimum absolute atomic E-state index is 0.0875. The van der Waals surface area contributed by atoms with Crippen molar-refractivity contribution in [2.24, 2.45) is 5.73 Å². The molecule has 0 radical (unpaired) electrons. The Bertz CT molecular complexity index is 154. The molecular weight excluding hydrogens is 122 g/mol. The van der Waals surface area contributed by atoms with Crippen LogP contribution in [0.15, 0.2) is 11.1 Å². The van der Waals surface area contributed by atoms with Crippen LogP contribution in [-0.2, 0) is 0 Å². The van der Waals surface area contributed by atoms with E-state index < -0.39 is 0 Å². The summed E-state index contributed by atoms with van der Waals surface area (Å²) in [6, 6.07) is 0. The Morgan fingerprint density at radius 2 is 1.90 bits per heavy atom. The quantitative estimate of drug-likeness (QED) is 0.554. The predicted molar refractivity (Wildman–Crippen MR) is 44.8 cm³/mol. The van der Waals surface area contributed by atoms with Gasteiger partial charge in [0.2, 0.25) is 0 Å². The molecule has 0 bridgehead atoms. The van der Waals surface area contributed by atoms with E-state index in [1.54, 1.807) is 5.57 Å². The molecule has 0 aromatic heterocycles. The van der Waals surface area contributed by atoms with Crippen molar-refractivity contribution in [3.05, 3.63) is 11.1 Å². The Balaban J connectivity index is 2.71. The summed E-state index contributed by atoms with van der Waals surface area (Å²) in [5.41, 5.74) is 8.84. The van der Waals surface area contributed by atoms with Gasteiger partial charge in [0.15, 0.2) is 0 Å². The third-order valence-electron chi connectivity index (χ3n) is 2.45. The van der Waals surface area contributed by atoms with Gasteiger partial charge in [-0.25, -0.2) is 0 Å². The lowest BCUT2D eigenvalue weighted by molar-refractivity contribution is 0.560. The summed E-state index contributed by atoms with van der Waals surface area (Å²) in [6.45, 7) is 6.32. The van der Waals surface area contributed by atoms with Gasteiger partial charge in [-0.2, -0.15) is 0 Å². The van der Waals surface area contributed by atoms with Crippen LogP contribution in [0.4, 0.5) is 0 Å². The molecule has 0 aliphatic heterocycles. The van der Waals surface area contributed by atoms with E-state index in [4.69, 9.17) is 5.73 Å². The fourth-order valence-electron chi connectivity index (χ4n) is 1.18. The molecular formula is C9H17N. The molecule has 58 valence electrons. The molecule has 1 saturated carbocycles. The summed E-state index contributed by atoms with van der Waals surface area (Å²) in [5, 5.41) is 0. The van der Waals surface area contributed by atoms with Crippen LogP contribution in [0.5, 0.6) is 0 Å². The lowest BCUT2D eigenvalue weighted by atomic mass is 9.82. The van der Waals surface area contributed by atoms with Gasteiger partial charge in [-0.1, -0.05) is 11.1 Å². The Hall–Kier alpha value is -0.300. The second-order valence-corrected chi connectivity index (χ2v) is 3.80. The van der Waals surface area contributed by atoms with Crippen LogP contribution in [0.1, 0.15) is 40.0 Å². The van der Waals surface area contributed by atoms with E-state index in [2.05, 4.69) is 20.8 Å². The third-order valence-corrected chi connectivity index (χ3v) is 2.45. The summed E-state index contributed by atoms with van der Waals surface area (Å²) in [7, 11) is 0. The molecule has 0 amide bonds. The van der Waals surface area contributed by atoms with Gasteiger partial charge in [0.1, 0.15) is 0 Å². The third kappa shape index (κ3) is 1.40. The van der Waals surface area contributed by atoms with Gasteiger partial charge in [0.25, 0.3) is 0 Å². The van der Waals surface area contributed by atoms with Gasteiger partial charge in [-0.3, -0.25) is 0 Å². The van der Waals surface area contributed by atoms with Crippen molar-refractivity contribution >= 4 is 0 Å². The van der Waals surface area contributed by atoms with Crippen molar-refractivity contribution in [2.75, 3.05) is 0 Å². The summed E-state index contributed by atoms with van der Waals surface area (Å²) in [6.07, 6.45) is 3.93. The minimum atomic E-state index is -0.0875. The van der Waals surface area contributed by atoms with Crippen molar-refractivity contribution < 1.29 is 0 Å². The zero-order valence-electron chi connectivity index (χ0n) is 7.20. The smallest absolute Gasteiger partial charge is 0.0311 e. The summed E-state index contributed by atoms with van der Waals surface area (Å²) < 4.78 is 0. The molecule has 0 unspecified atom stereocenters. The van der Waals surface area contributed by atoms with Crippen molar-refractivity contribution in [2.45, 2.75) is 45.6 Å². The topological polar surface area (TPSA) is 26.0 Å². The second-order valence-electron chi connectivity index (χ2n) is 3.80. The monoisotopic (exact) mass is 139 g/mol. The SMILES string of the molecule is CC(=C1CCC1)C(C)(C)N. The van der Waals surface area contributed by atoms with E-state index in [-0.39, 0.29) is 5.54 Å². The summed E-state index contributed by atoms with van der Waals surface area (Å²) >= 11 is 0. The van der Waals surface area contributed by atoms with E-state index in [9.17, 15) is 0 Å². The largest absolute Gasteiger partial charge is 0.322 e. The molecule has 1 aliphatic rings. The molecule has 1 rings (SSSR count). The van der Waals surface area contributed by atoms with Crippen LogP contribution in [-0.4, -0.2) is 5.54 Å². The molecule has 0 heterocycles. The molecule has 0 aromatic carbocycles. The molecule has 10 heavy (non-hydrogen) atoms. The molecule has 1 nitrogen and oxygen atoms in total. The van der Waals surface area contributed by atoms with Crippen molar-refractivity contribution in [3.8, 4) is 0 Å². The average molecular weight is 139 g/mol. The number of allylic oxidation sites excluding steroid dienone is 1. The number of hydrogen-bond donors (Lipinski definition) is 1. The Kier molecular flexibility index (Phi) is 1.86. The number of nitrogens with two attached hydrogens (primary N) is 1. The predicted octanol–water partition coefficient (Wildman–Crippen LogP) is 2.22. The van der Waals surface area contributed by atoms with E-state index in [1.165, 1.54) is 24.8 Å². The molecule has 0 spiro atoms. The molecule has 2 N–H and O–H groups in total. The average Bonchev–Trinajstić information content (AvgIpc) is 1.57. The first-order chi connectivity index (χ1) is 4.52. The fourth-order valence-corrected chi connectivity index (χ4v) is 1.18. The van der Waals surface area contributed by atoms with E-state index >= 15 is 0 Å². The lowest BCUT2D eigenvalue weighted by Gasteiger charge is -2.28. The molecule has 0 saturated heterocycles. The maximum Gasteiger partial charge on any atom is 0.0311 e. The Morgan fingerprint density at radius 3 is 2.00 bits per heavy atom. The molecule has 0 aromatic rings. The minimum Gasteiger partial charge on any atom is -0.322 e. The second kappa shape index (κ2) is 2.39. The highest BCUT2D eigenvalue weighted by Gasteiger charge is 2.20. The molecule has 1 aliphatic carbocycles. The van der Waals surface area contributed by atoms with Crippen LogP contribution in [0.25, 0.3) is 0 Å². The summed E-state index contributed by atoms with van der Waals surface area (Å²) in [5.74, 6) is 0. The van der Waals surface area contributed by atoms with Crippen LogP contribution in [0.2, 0.25) is 0 Å². The van der Waals surface area contributed by atoms with Crippen LogP contribution in [0, 0.1) is 0 Å². The van der Waals surface area contributed by atoms with Crippen molar-refractivity contribution in [1.82, 2.24) is 0 Å². The van der Waals surface area contributed by atoms with Crippen molar-refractivity contribution in [1.29, 1.82) is 0 Å². The highest BCUT2D eigenvalue weighted by molar-refractivity contribution is 5.25. The highest BCUT2D eigenvalue weighted by Crippen LogP contribution is 2.31. The molecule has 1 fully saturated rings. The summed E-state index contributed by atoms with van der Waals surface area (Å²) in [4.78, 5) is 0. The highest BCUT2D eigenvalue weighted by atomic mass is 14.7. The van der Waals surface area contributed by atoms with E-state index in [1.807, 2.05) is 0 Å². The molecule has 0 atom stereocenters. The first kappa shape index (κ1) is 7.80. The normalized spacial score (nSPS) is 18.6.